The molecule has 1 aliphatic carbocycles. The molecule has 0 atom stereocenters. The van der Waals surface area contributed by atoms with Crippen LogP contribution in [0.15, 0.2) is 255 Å². The Balaban J connectivity index is 1.03. The van der Waals surface area contributed by atoms with Gasteiger partial charge in [0.2, 0.25) is 0 Å². The Kier molecular flexibility index (Phi) is 8.23. The van der Waals surface area contributed by atoms with Crippen LogP contribution in [-0.2, 0) is 5.41 Å². The van der Waals surface area contributed by atoms with Crippen molar-refractivity contribution in [2.24, 2.45) is 0 Å². The molecule has 0 saturated carbocycles. The van der Waals surface area contributed by atoms with Crippen LogP contribution in [0, 0.1) is 0 Å². The molecule has 312 valence electrons. The number of hydrogen-bond acceptors (Lipinski definition) is 0. The average molecular weight is 851 g/mol. The van der Waals surface area contributed by atoms with E-state index in [1.165, 1.54) is 116 Å². The number of hydrogen-bond donors (Lipinski definition) is 0. The van der Waals surface area contributed by atoms with Gasteiger partial charge in [0.05, 0.1) is 33.2 Å². The monoisotopic (exact) mass is 850 g/mol. The van der Waals surface area contributed by atoms with E-state index < -0.39 is 5.41 Å². The molecule has 0 bridgehead atoms. The molecule has 2 heteroatoms. The highest BCUT2D eigenvalue weighted by molar-refractivity contribution is 6.16. The molecular formula is C65H42N2. The molecule has 67 heavy (non-hydrogen) atoms. The van der Waals surface area contributed by atoms with E-state index in [1.807, 2.05) is 0 Å². The molecule has 0 amide bonds. The van der Waals surface area contributed by atoms with Crippen LogP contribution in [0.2, 0.25) is 0 Å². The van der Waals surface area contributed by atoms with Crippen LogP contribution < -0.4 is 0 Å². The molecule has 14 rings (SSSR count). The molecule has 13 aromatic rings. The van der Waals surface area contributed by atoms with Gasteiger partial charge in [0.1, 0.15) is 0 Å². The third-order valence-electron chi connectivity index (χ3n) is 14.6. The van der Waals surface area contributed by atoms with Crippen LogP contribution in [0.4, 0.5) is 0 Å². The lowest BCUT2D eigenvalue weighted by Crippen LogP contribution is -2.29. The first-order chi connectivity index (χ1) is 33.3. The summed E-state index contributed by atoms with van der Waals surface area (Å²) in [6, 6.07) is 94.4. The van der Waals surface area contributed by atoms with E-state index in [0.717, 1.165) is 5.69 Å². The summed E-state index contributed by atoms with van der Waals surface area (Å²) in [6.45, 7) is 0. The van der Waals surface area contributed by atoms with E-state index in [0.29, 0.717) is 0 Å². The Hall–Kier alpha value is -8.72. The van der Waals surface area contributed by atoms with Crippen molar-refractivity contribution in [2.75, 3.05) is 0 Å². The molecule has 11 aromatic carbocycles. The zero-order valence-electron chi connectivity index (χ0n) is 36.6. The summed E-state index contributed by atoms with van der Waals surface area (Å²) >= 11 is 0. The molecule has 2 nitrogen and oxygen atoms in total. The predicted octanol–water partition coefficient (Wildman–Crippen LogP) is 16.7. The predicted molar refractivity (Wildman–Crippen MR) is 281 cm³/mol. The standard InChI is InChI=1S/C65H42N2/c1-4-17-43(18-5-1)44-31-35-50(36-32-44)66-60-29-15-13-27-53(60)56-41-46(33-39-61(56)66)47-34-40-62-57(42-47)55-38-37-54-52-26-12-14-28-58(52)65(48-21-6-2-7-22-48,49-23-8-3-9-24-49)63(54)64(55)67(62)59-30-16-20-45-19-10-11-25-51(45)59/h1-42H. The van der Waals surface area contributed by atoms with Gasteiger partial charge in [-0.15, -0.1) is 0 Å². The van der Waals surface area contributed by atoms with E-state index >= 15 is 0 Å². The lowest BCUT2D eigenvalue weighted by molar-refractivity contribution is 0.772. The minimum Gasteiger partial charge on any atom is -0.309 e. The molecule has 2 heterocycles. The van der Waals surface area contributed by atoms with Crippen molar-refractivity contribution in [1.29, 1.82) is 0 Å². The Morgan fingerprint density at radius 2 is 0.836 bits per heavy atom. The number of aromatic nitrogens is 2. The molecule has 0 aliphatic heterocycles. The molecule has 0 saturated heterocycles. The van der Waals surface area contributed by atoms with Gasteiger partial charge < -0.3 is 9.13 Å². The van der Waals surface area contributed by atoms with Crippen molar-refractivity contribution < 1.29 is 0 Å². The fourth-order valence-electron chi connectivity index (χ4n) is 11.7. The number of rotatable bonds is 6. The van der Waals surface area contributed by atoms with Gasteiger partial charge in [-0.1, -0.05) is 206 Å². The smallest absolute Gasteiger partial charge is 0.0734 e. The van der Waals surface area contributed by atoms with Crippen molar-refractivity contribution in [2.45, 2.75) is 5.41 Å². The van der Waals surface area contributed by atoms with Crippen LogP contribution in [0.5, 0.6) is 0 Å². The average Bonchev–Trinajstić information content (AvgIpc) is 4.03. The number of fused-ring (bicyclic) bond motifs is 11. The highest BCUT2D eigenvalue weighted by Crippen LogP contribution is 2.59. The van der Waals surface area contributed by atoms with Crippen molar-refractivity contribution in [1.82, 2.24) is 9.13 Å². The fraction of sp³-hybridized carbons (Fsp3) is 0.0154. The summed E-state index contributed by atoms with van der Waals surface area (Å²) in [6.07, 6.45) is 0. The minimum absolute atomic E-state index is 0.575. The first-order valence-corrected chi connectivity index (χ1v) is 23.3. The summed E-state index contributed by atoms with van der Waals surface area (Å²) in [5, 5.41) is 7.40. The second kappa shape index (κ2) is 14.7. The third kappa shape index (κ3) is 5.45. The fourth-order valence-corrected chi connectivity index (χ4v) is 11.7. The van der Waals surface area contributed by atoms with Crippen molar-refractivity contribution in [3.8, 4) is 44.8 Å². The van der Waals surface area contributed by atoms with Gasteiger partial charge in [0.15, 0.2) is 0 Å². The highest BCUT2D eigenvalue weighted by atomic mass is 15.0. The van der Waals surface area contributed by atoms with Gasteiger partial charge in [0, 0.05) is 38.2 Å². The molecule has 0 unspecified atom stereocenters. The van der Waals surface area contributed by atoms with Gasteiger partial charge in [-0.2, -0.15) is 0 Å². The van der Waals surface area contributed by atoms with Crippen LogP contribution in [-0.4, -0.2) is 9.13 Å². The summed E-state index contributed by atoms with van der Waals surface area (Å²) in [5.74, 6) is 0. The van der Waals surface area contributed by atoms with E-state index in [9.17, 15) is 0 Å². The van der Waals surface area contributed by atoms with Gasteiger partial charge in [-0.25, -0.2) is 0 Å². The summed E-state index contributed by atoms with van der Waals surface area (Å²) in [7, 11) is 0. The van der Waals surface area contributed by atoms with Crippen LogP contribution in [0.1, 0.15) is 22.3 Å². The Morgan fingerprint density at radius 3 is 1.57 bits per heavy atom. The molecule has 2 aromatic heterocycles. The molecule has 1 aliphatic rings. The Morgan fingerprint density at radius 1 is 0.299 bits per heavy atom. The first-order valence-electron chi connectivity index (χ1n) is 23.3. The van der Waals surface area contributed by atoms with E-state index in [1.54, 1.807) is 0 Å². The first kappa shape index (κ1) is 37.6. The number of para-hydroxylation sites is 1. The van der Waals surface area contributed by atoms with Gasteiger partial charge in [-0.3, -0.25) is 0 Å². The summed E-state index contributed by atoms with van der Waals surface area (Å²) in [5.41, 5.74) is 19.1. The third-order valence-corrected chi connectivity index (χ3v) is 14.6. The van der Waals surface area contributed by atoms with Crippen LogP contribution in [0.3, 0.4) is 0 Å². The quantitative estimate of drug-likeness (QED) is 0.158. The SMILES string of the molecule is c1ccc(-c2ccc(-n3c4ccccc4c4cc(-c5ccc6c(c5)c5ccc7c(c5n6-c5cccc6ccccc56)C(c5ccccc5)(c5ccccc5)c5ccccc5-7)ccc43)cc2)cc1. The molecule has 0 N–H and O–H groups in total. The molecule has 0 radical (unpaired) electrons. The maximum atomic E-state index is 2.59. The molecule has 0 fully saturated rings. The van der Waals surface area contributed by atoms with E-state index in [2.05, 4.69) is 264 Å². The van der Waals surface area contributed by atoms with Gasteiger partial charge >= 0.3 is 0 Å². The topological polar surface area (TPSA) is 9.86 Å². The highest BCUT2D eigenvalue weighted by Gasteiger charge is 2.48. The van der Waals surface area contributed by atoms with Crippen LogP contribution >= 0.6 is 0 Å². The second-order valence-electron chi connectivity index (χ2n) is 18.0. The van der Waals surface area contributed by atoms with E-state index in [-0.39, 0.29) is 0 Å². The zero-order chi connectivity index (χ0) is 44.1. The maximum absolute atomic E-state index is 2.59. The Bertz CT molecular complexity index is 4020. The lowest BCUT2D eigenvalue weighted by atomic mass is 9.67. The normalized spacial score (nSPS) is 12.9. The summed E-state index contributed by atoms with van der Waals surface area (Å²) < 4.78 is 5.00. The summed E-state index contributed by atoms with van der Waals surface area (Å²) in [4.78, 5) is 0. The van der Waals surface area contributed by atoms with E-state index in [4.69, 9.17) is 0 Å². The van der Waals surface area contributed by atoms with Crippen molar-refractivity contribution in [3.05, 3.63) is 277 Å². The van der Waals surface area contributed by atoms with Gasteiger partial charge in [-0.05, 0) is 104 Å². The van der Waals surface area contributed by atoms with Crippen molar-refractivity contribution in [3.63, 3.8) is 0 Å². The molecular weight excluding hydrogens is 809 g/mol. The minimum atomic E-state index is -0.575. The largest absolute Gasteiger partial charge is 0.309 e. The molecule has 0 spiro atoms. The number of benzene rings is 11. The van der Waals surface area contributed by atoms with Gasteiger partial charge in [0.25, 0.3) is 0 Å². The van der Waals surface area contributed by atoms with Crippen LogP contribution in [0.25, 0.3) is 99.1 Å². The number of nitrogens with zero attached hydrogens (tertiary/aromatic N) is 2. The van der Waals surface area contributed by atoms with Crippen molar-refractivity contribution >= 4 is 54.4 Å². The maximum Gasteiger partial charge on any atom is 0.0734 e. The Labute approximate surface area is 388 Å². The second-order valence-corrected chi connectivity index (χ2v) is 18.0. The lowest BCUT2D eigenvalue weighted by Gasteiger charge is -2.34. The zero-order valence-corrected chi connectivity index (χ0v) is 36.6.